The molecule has 0 aromatic carbocycles. The third kappa shape index (κ3) is 20.8. The summed E-state index contributed by atoms with van der Waals surface area (Å²) >= 11 is 2.94. The van der Waals surface area contributed by atoms with E-state index in [2.05, 4.69) is 33.2 Å². The summed E-state index contributed by atoms with van der Waals surface area (Å²) < 4.78 is 11.4. The van der Waals surface area contributed by atoms with Crippen molar-refractivity contribution in [2.75, 3.05) is 57.9 Å². The molecule has 2 fully saturated rings. The molecule has 9 atom stereocenters. The Balaban J connectivity index is 1.38. The van der Waals surface area contributed by atoms with Gasteiger partial charge < -0.3 is 61.2 Å². The molecule has 3 unspecified atom stereocenters. The maximum absolute atomic E-state index is 12.2. The van der Waals surface area contributed by atoms with Crippen LogP contribution in [0.25, 0.3) is 0 Å². The van der Waals surface area contributed by atoms with Crippen molar-refractivity contribution in [2.24, 2.45) is 0 Å². The fraction of sp³-hybridized carbons (Fsp3) is 0.895. The molecule has 0 bridgehead atoms. The topological polar surface area (TPSA) is 239 Å². The summed E-state index contributed by atoms with van der Waals surface area (Å²) in [6.07, 6.45) is 6.62. The predicted octanol–water partition coefficient (Wildman–Crippen LogP) is 0.605. The highest BCUT2D eigenvalue weighted by molar-refractivity contribution is 8.00. The van der Waals surface area contributed by atoms with Crippen LogP contribution < -0.4 is 21.3 Å². The molecular weight excluding hydrogens is 767 g/mol. The van der Waals surface area contributed by atoms with E-state index in [9.17, 15) is 44.7 Å². The van der Waals surface area contributed by atoms with Crippen molar-refractivity contribution in [2.45, 2.75) is 157 Å². The molecule has 2 rings (SSSR count). The zero-order chi connectivity index (χ0) is 41.3. The van der Waals surface area contributed by atoms with Gasteiger partial charge in [0.1, 0.15) is 41.4 Å². The minimum atomic E-state index is -1.28. The first kappa shape index (κ1) is 50.4. The lowest BCUT2D eigenvalue weighted by Crippen LogP contribution is -2.63. The van der Waals surface area contributed by atoms with Crippen LogP contribution in [0.5, 0.6) is 0 Å². The fourth-order valence-electron chi connectivity index (χ4n) is 6.59. The summed E-state index contributed by atoms with van der Waals surface area (Å²) in [5.41, 5.74) is -0.996. The van der Waals surface area contributed by atoms with Gasteiger partial charge in [-0.2, -0.15) is 0 Å². The van der Waals surface area contributed by atoms with Crippen LogP contribution >= 0.6 is 23.5 Å². The van der Waals surface area contributed by atoms with Crippen molar-refractivity contribution in [1.29, 1.82) is 0 Å². The number of amides is 4. The second kappa shape index (κ2) is 29.5. The summed E-state index contributed by atoms with van der Waals surface area (Å²) in [5, 5.41) is 61.4. The zero-order valence-corrected chi connectivity index (χ0v) is 35.3. The maximum Gasteiger partial charge on any atom is 0.219 e. The van der Waals surface area contributed by atoms with Crippen molar-refractivity contribution in [3.8, 4) is 0 Å². The van der Waals surface area contributed by atoms with Gasteiger partial charge in [-0.15, -0.1) is 23.5 Å². The SMILES string of the molecule is CC(=O)NC1[C@H](SCCCCCNC(=O)CCCCCN(C)CCCCCC(=O)NCCCCCS[C@@H]2OC(CO)[C@H](O)[C@@H](O)C2NC(C)=O)OC[C@H](O)[C@H]1O. The van der Waals surface area contributed by atoms with E-state index in [1.807, 2.05) is 0 Å². The van der Waals surface area contributed by atoms with E-state index in [0.29, 0.717) is 31.7 Å². The minimum absolute atomic E-state index is 0.0368. The Bertz CT molecular complexity index is 1130. The first-order valence-corrected chi connectivity index (χ1v) is 22.5. The summed E-state index contributed by atoms with van der Waals surface area (Å²) in [6, 6.07) is -1.42. The average Bonchev–Trinajstić information content (AvgIpc) is 3.15. The summed E-state index contributed by atoms with van der Waals surface area (Å²) in [4.78, 5) is 49.8. The number of carbonyl (C=O) groups is 4. The van der Waals surface area contributed by atoms with Gasteiger partial charge in [0.05, 0.1) is 25.3 Å². The molecule has 0 aliphatic carbocycles. The lowest BCUT2D eigenvalue weighted by Gasteiger charge is -2.42. The van der Waals surface area contributed by atoms with Gasteiger partial charge in [0, 0.05) is 39.8 Å². The highest BCUT2D eigenvalue weighted by atomic mass is 32.2. The molecule has 2 heterocycles. The lowest BCUT2D eigenvalue weighted by molar-refractivity contribution is -0.173. The standard InChI is InChI=1S/C38H71N5O11S2/c1-26(45)41-32-34(50)28(47)25-53-37(32)55-22-14-6-10-18-39-30(48)16-8-4-12-20-43(3)21-13-5-9-17-31(49)40-19-11-7-15-23-56-38-33(42-27(2)46)36(52)35(51)29(24-44)54-38/h28-29,32-38,44,47,50-52H,4-25H2,1-3H3,(H,39,48)(H,40,49)(H,41,45)(H,42,46)/t28-,29?,32?,33?,34+,35-,36-,37-,38-/m0/s1. The summed E-state index contributed by atoms with van der Waals surface area (Å²) in [6.45, 7) is 5.53. The monoisotopic (exact) mass is 837 g/mol. The first-order chi connectivity index (χ1) is 26.8. The average molecular weight is 838 g/mol. The number of hydrogen-bond acceptors (Lipinski definition) is 14. The Morgan fingerprint density at radius 1 is 0.643 bits per heavy atom. The second-order valence-corrected chi connectivity index (χ2v) is 17.3. The molecular formula is C38H71N5O11S2. The van der Waals surface area contributed by atoms with Crippen LogP contribution in [-0.4, -0.2) is 165 Å². The number of carbonyl (C=O) groups excluding carboxylic acids is 4. The number of ether oxygens (including phenoxy) is 2. The van der Waals surface area contributed by atoms with Gasteiger partial charge in [0.25, 0.3) is 0 Å². The van der Waals surface area contributed by atoms with E-state index in [0.717, 1.165) is 95.9 Å². The number of thioether (sulfide) groups is 2. The normalized spacial score (nSPS) is 26.5. The van der Waals surface area contributed by atoms with Crippen LogP contribution in [0.1, 0.15) is 104 Å². The van der Waals surface area contributed by atoms with Gasteiger partial charge >= 0.3 is 0 Å². The molecule has 2 aliphatic rings. The Morgan fingerprint density at radius 3 is 1.62 bits per heavy atom. The number of aliphatic hydroxyl groups excluding tert-OH is 5. The zero-order valence-electron chi connectivity index (χ0n) is 33.7. The first-order valence-electron chi connectivity index (χ1n) is 20.4. The number of nitrogens with zero attached hydrogens (tertiary/aromatic N) is 1. The number of nitrogens with one attached hydrogen (secondary N) is 4. The molecule has 2 aliphatic heterocycles. The quantitative estimate of drug-likeness (QED) is 0.0470. The molecule has 4 amide bonds. The molecule has 16 nitrogen and oxygen atoms in total. The van der Waals surface area contributed by atoms with Gasteiger partial charge in [-0.05, 0) is 83.0 Å². The number of aliphatic hydroxyl groups is 5. The van der Waals surface area contributed by atoms with E-state index >= 15 is 0 Å². The molecule has 326 valence electrons. The van der Waals surface area contributed by atoms with E-state index in [1.54, 1.807) is 0 Å². The third-order valence-electron chi connectivity index (χ3n) is 9.85. The third-order valence-corrected chi connectivity index (χ3v) is 12.4. The van der Waals surface area contributed by atoms with E-state index in [4.69, 9.17) is 9.47 Å². The molecule has 0 radical (unpaired) electrons. The van der Waals surface area contributed by atoms with E-state index < -0.39 is 60.1 Å². The van der Waals surface area contributed by atoms with Crippen molar-refractivity contribution in [3.63, 3.8) is 0 Å². The van der Waals surface area contributed by atoms with Gasteiger partial charge in [-0.1, -0.05) is 25.7 Å². The Kier molecular flexibility index (Phi) is 26.5. The summed E-state index contributed by atoms with van der Waals surface area (Å²) in [7, 11) is 2.11. The van der Waals surface area contributed by atoms with Crippen molar-refractivity contribution in [3.05, 3.63) is 0 Å². The highest BCUT2D eigenvalue weighted by Gasteiger charge is 2.44. The number of unbranched alkanes of at least 4 members (excludes halogenated alkanes) is 8. The van der Waals surface area contributed by atoms with Gasteiger partial charge in [-0.25, -0.2) is 0 Å². The van der Waals surface area contributed by atoms with Crippen molar-refractivity contribution < 1.29 is 54.2 Å². The molecule has 0 spiro atoms. The largest absolute Gasteiger partial charge is 0.394 e. The Labute approximate surface area is 341 Å². The minimum Gasteiger partial charge on any atom is -0.394 e. The van der Waals surface area contributed by atoms with E-state index in [-0.39, 0.29) is 30.2 Å². The molecule has 0 aromatic rings. The fourth-order valence-corrected chi connectivity index (χ4v) is 9.06. The van der Waals surface area contributed by atoms with Crippen LogP contribution in [0.15, 0.2) is 0 Å². The predicted molar refractivity (Wildman–Crippen MR) is 218 cm³/mol. The van der Waals surface area contributed by atoms with Crippen LogP contribution in [0.4, 0.5) is 0 Å². The van der Waals surface area contributed by atoms with Crippen LogP contribution in [0.2, 0.25) is 0 Å². The molecule has 2 saturated heterocycles. The molecule has 18 heteroatoms. The smallest absolute Gasteiger partial charge is 0.219 e. The van der Waals surface area contributed by atoms with Gasteiger partial charge in [-0.3, -0.25) is 19.2 Å². The molecule has 0 saturated carbocycles. The number of hydrogen-bond donors (Lipinski definition) is 9. The number of rotatable bonds is 29. The van der Waals surface area contributed by atoms with Crippen LogP contribution in [0.3, 0.4) is 0 Å². The summed E-state index contributed by atoms with van der Waals surface area (Å²) in [5.74, 6) is 1.02. The molecule has 56 heavy (non-hydrogen) atoms. The highest BCUT2D eigenvalue weighted by Crippen LogP contribution is 2.29. The molecule has 0 aromatic heterocycles. The van der Waals surface area contributed by atoms with Crippen molar-refractivity contribution in [1.82, 2.24) is 26.2 Å². The van der Waals surface area contributed by atoms with Gasteiger partial charge in [0.15, 0.2) is 0 Å². The Morgan fingerprint density at radius 2 is 1.12 bits per heavy atom. The molecule has 9 N–H and O–H groups in total. The maximum atomic E-state index is 12.2. The van der Waals surface area contributed by atoms with Crippen molar-refractivity contribution >= 4 is 47.2 Å². The Hall–Kier alpha value is -1.74. The lowest BCUT2D eigenvalue weighted by atomic mass is 9.98. The van der Waals surface area contributed by atoms with Crippen LogP contribution in [-0.2, 0) is 28.7 Å². The van der Waals surface area contributed by atoms with E-state index in [1.165, 1.54) is 37.4 Å². The second-order valence-electron chi connectivity index (χ2n) is 14.9. The van der Waals surface area contributed by atoms with Gasteiger partial charge in [0.2, 0.25) is 23.6 Å². The van der Waals surface area contributed by atoms with Crippen LogP contribution in [0, 0.1) is 0 Å².